The number of carbonyl (C=O) groups is 1. The van der Waals surface area contributed by atoms with E-state index < -0.39 is 15.8 Å². The average molecular weight is 424 g/mol. The largest absolute Gasteiger partial charge is 0.324 e. The molecular weight excluding hydrogens is 401 g/mol. The standard InChI is InChI=1S/C19H22FN3O3S2/c1-27-17-8-4-3-7-16(17)21-19(24)14-22-10-12-23(13-11-22)28(25,26)18-9-5-2-6-15(18)20/h2-9H,10-14H2,1H3,(H,21,24). The number of piperazine rings is 1. The highest BCUT2D eigenvalue weighted by molar-refractivity contribution is 7.98. The van der Waals surface area contributed by atoms with Crippen molar-refractivity contribution < 1.29 is 17.6 Å². The molecule has 0 atom stereocenters. The zero-order chi connectivity index (χ0) is 20.1. The predicted octanol–water partition coefficient (Wildman–Crippen LogP) is 2.49. The minimum absolute atomic E-state index is 0.146. The Morgan fingerprint density at radius 2 is 1.71 bits per heavy atom. The summed E-state index contributed by atoms with van der Waals surface area (Å²) in [5, 5.41) is 2.90. The summed E-state index contributed by atoms with van der Waals surface area (Å²) in [6.45, 7) is 1.42. The van der Waals surface area contributed by atoms with Gasteiger partial charge in [-0.05, 0) is 30.5 Å². The molecule has 1 N–H and O–H groups in total. The van der Waals surface area contributed by atoms with E-state index in [1.54, 1.807) is 11.8 Å². The van der Waals surface area contributed by atoms with Crippen LogP contribution in [0.1, 0.15) is 0 Å². The van der Waals surface area contributed by atoms with Gasteiger partial charge in [-0.25, -0.2) is 12.8 Å². The molecule has 0 radical (unpaired) electrons. The van der Waals surface area contributed by atoms with Gasteiger partial charge in [0.25, 0.3) is 0 Å². The minimum Gasteiger partial charge on any atom is -0.324 e. The van der Waals surface area contributed by atoms with Gasteiger partial charge in [0.15, 0.2) is 0 Å². The van der Waals surface area contributed by atoms with E-state index in [9.17, 15) is 17.6 Å². The molecule has 0 aliphatic carbocycles. The summed E-state index contributed by atoms with van der Waals surface area (Å²) >= 11 is 1.55. The average Bonchev–Trinajstić information content (AvgIpc) is 2.69. The van der Waals surface area contributed by atoms with Crippen LogP contribution in [0.25, 0.3) is 0 Å². The number of nitrogens with one attached hydrogen (secondary N) is 1. The molecule has 1 fully saturated rings. The van der Waals surface area contributed by atoms with Crippen LogP contribution in [-0.2, 0) is 14.8 Å². The van der Waals surface area contributed by atoms with Gasteiger partial charge in [-0.1, -0.05) is 24.3 Å². The Hall–Kier alpha value is -1.94. The lowest BCUT2D eigenvalue weighted by atomic mass is 10.3. The molecule has 1 aliphatic heterocycles. The van der Waals surface area contributed by atoms with Crippen LogP contribution < -0.4 is 5.32 Å². The molecule has 2 aromatic rings. The van der Waals surface area contributed by atoms with Crippen LogP contribution in [0.2, 0.25) is 0 Å². The highest BCUT2D eigenvalue weighted by Gasteiger charge is 2.30. The Bertz CT molecular complexity index is 945. The Morgan fingerprint density at radius 1 is 1.07 bits per heavy atom. The number of para-hydroxylation sites is 1. The number of thioether (sulfide) groups is 1. The molecule has 1 aliphatic rings. The summed E-state index contributed by atoms with van der Waals surface area (Å²) in [5.41, 5.74) is 0.765. The molecule has 0 aromatic heterocycles. The second-order valence-corrected chi connectivity index (χ2v) is 9.11. The van der Waals surface area contributed by atoms with E-state index >= 15 is 0 Å². The maximum atomic E-state index is 13.9. The smallest absolute Gasteiger partial charge is 0.246 e. The number of sulfonamides is 1. The summed E-state index contributed by atoms with van der Waals surface area (Å²) in [5.74, 6) is -0.899. The maximum Gasteiger partial charge on any atom is 0.246 e. The van der Waals surface area contributed by atoms with Gasteiger partial charge in [0.2, 0.25) is 15.9 Å². The Kier molecular flexibility index (Phi) is 6.71. The summed E-state index contributed by atoms with van der Waals surface area (Å²) < 4.78 is 40.4. The van der Waals surface area contributed by atoms with Gasteiger partial charge in [0.1, 0.15) is 10.7 Å². The van der Waals surface area contributed by atoms with E-state index in [1.165, 1.54) is 22.5 Å². The zero-order valence-electron chi connectivity index (χ0n) is 15.5. The van der Waals surface area contributed by atoms with Crippen molar-refractivity contribution in [2.75, 3.05) is 44.3 Å². The van der Waals surface area contributed by atoms with Crippen molar-refractivity contribution in [2.24, 2.45) is 0 Å². The molecule has 2 aromatic carbocycles. The number of amides is 1. The molecule has 0 bridgehead atoms. The monoisotopic (exact) mass is 423 g/mol. The van der Waals surface area contributed by atoms with Crippen LogP contribution in [-0.4, -0.2) is 62.5 Å². The first-order valence-corrected chi connectivity index (χ1v) is 11.5. The molecule has 0 spiro atoms. The van der Waals surface area contributed by atoms with Crippen molar-refractivity contribution in [3.8, 4) is 0 Å². The maximum absolute atomic E-state index is 13.9. The van der Waals surface area contributed by atoms with Crippen molar-refractivity contribution in [2.45, 2.75) is 9.79 Å². The van der Waals surface area contributed by atoms with Crippen molar-refractivity contribution in [1.29, 1.82) is 0 Å². The summed E-state index contributed by atoms with van der Waals surface area (Å²) in [6, 6.07) is 12.9. The highest BCUT2D eigenvalue weighted by atomic mass is 32.2. The fourth-order valence-electron chi connectivity index (χ4n) is 3.06. The Balaban J connectivity index is 1.57. The SMILES string of the molecule is CSc1ccccc1NC(=O)CN1CCN(S(=O)(=O)c2ccccc2F)CC1. The summed E-state index contributed by atoms with van der Waals surface area (Å²) in [4.78, 5) is 14.9. The first-order chi connectivity index (χ1) is 13.4. The number of nitrogens with zero attached hydrogens (tertiary/aromatic N) is 2. The second kappa shape index (κ2) is 9.04. The van der Waals surface area contributed by atoms with Crippen LogP contribution in [0, 0.1) is 5.82 Å². The van der Waals surface area contributed by atoms with Crippen LogP contribution in [0.5, 0.6) is 0 Å². The van der Waals surface area contributed by atoms with Crippen molar-refractivity contribution in [3.63, 3.8) is 0 Å². The molecule has 9 heteroatoms. The molecule has 1 amide bonds. The third-order valence-electron chi connectivity index (χ3n) is 4.53. The third-order valence-corrected chi connectivity index (χ3v) is 7.26. The van der Waals surface area contributed by atoms with Crippen molar-refractivity contribution in [1.82, 2.24) is 9.21 Å². The molecular formula is C19H22FN3O3S2. The van der Waals surface area contributed by atoms with E-state index in [0.29, 0.717) is 13.1 Å². The fourth-order valence-corrected chi connectivity index (χ4v) is 5.10. The third kappa shape index (κ3) is 4.72. The van der Waals surface area contributed by atoms with Gasteiger partial charge in [-0.2, -0.15) is 4.31 Å². The predicted molar refractivity (Wildman–Crippen MR) is 108 cm³/mol. The number of benzene rings is 2. The van der Waals surface area contributed by atoms with Gasteiger partial charge < -0.3 is 5.32 Å². The van der Waals surface area contributed by atoms with Gasteiger partial charge in [-0.3, -0.25) is 9.69 Å². The van der Waals surface area contributed by atoms with E-state index in [4.69, 9.17) is 0 Å². The van der Waals surface area contributed by atoms with Gasteiger partial charge in [-0.15, -0.1) is 11.8 Å². The first kappa shape index (κ1) is 20.8. The van der Waals surface area contributed by atoms with Crippen LogP contribution >= 0.6 is 11.8 Å². The molecule has 0 unspecified atom stereocenters. The Morgan fingerprint density at radius 3 is 2.39 bits per heavy atom. The summed E-state index contributed by atoms with van der Waals surface area (Å²) in [6.07, 6.45) is 1.94. The molecule has 1 heterocycles. The molecule has 0 saturated carbocycles. The van der Waals surface area contributed by atoms with Crippen LogP contribution in [0.15, 0.2) is 58.3 Å². The molecule has 6 nitrogen and oxygen atoms in total. The fraction of sp³-hybridized carbons (Fsp3) is 0.316. The van der Waals surface area contributed by atoms with E-state index in [1.807, 2.05) is 35.4 Å². The normalized spacial score (nSPS) is 16.1. The lowest BCUT2D eigenvalue weighted by molar-refractivity contribution is -0.117. The highest BCUT2D eigenvalue weighted by Crippen LogP contribution is 2.24. The molecule has 3 rings (SSSR count). The van der Waals surface area contributed by atoms with Gasteiger partial charge in [0.05, 0.1) is 12.2 Å². The number of anilines is 1. The van der Waals surface area contributed by atoms with Crippen LogP contribution in [0.4, 0.5) is 10.1 Å². The van der Waals surface area contributed by atoms with E-state index in [2.05, 4.69) is 5.32 Å². The van der Waals surface area contributed by atoms with Gasteiger partial charge in [0, 0.05) is 31.1 Å². The Labute approximate surface area is 168 Å². The van der Waals surface area contributed by atoms with E-state index in [-0.39, 0.29) is 30.4 Å². The molecule has 28 heavy (non-hydrogen) atoms. The minimum atomic E-state index is -3.87. The lowest BCUT2D eigenvalue weighted by Crippen LogP contribution is -2.50. The number of hydrogen-bond donors (Lipinski definition) is 1. The lowest BCUT2D eigenvalue weighted by Gasteiger charge is -2.33. The molecule has 150 valence electrons. The quantitative estimate of drug-likeness (QED) is 0.723. The number of rotatable bonds is 6. The number of halogens is 1. The van der Waals surface area contributed by atoms with Crippen molar-refractivity contribution in [3.05, 3.63) is 54.3 Å². The van der Waals surface area contributed by atoms with Crippen molar-refractivity contribution >= 4 is 33.4 Å². The zero-order valence-corrected chi connectivity index (χ0v) is 17.1. The van der Waals surface area contributed by atoms with Gasteiger partial charge >= 0.3 is 0 Å². The van der Waals surface area contributed by atoms with Crippen LogP contribution in [0.3, 0.4) is 0 Å². The van der Waals surface area contributed by atoms with E-state index in [0.717, 1.165) is 16.6 Å². The summed E-state index contributed by atoms with van der Waals surface area (Å²) in [7, 11) is -3.87. The molecule has 1 saturated heterocycles. The second-order valence-electron chi connectivity index (χ2n) is 6.36. The first-order valence-electron chi connectivity index (χ1n) is 8.81. The number of hydrogen-bond acceptors (Lipinski definition) is 5. The topological polar surface area (TPSA) is 69.7 Å². The number of carbonyl (C=O) groups excluding carboxylic acids is 1.